The Morgan fingerprint density at radius 3 is 2.64 bits per heavy atom. The lowest BCUT2D eigenvalue weighted by Crippen LogP contribution is -2.45. The number of benzene rings is 1. The molecule has 1 fully saturated rings. The molecule has 1 saturated heterocycles. The van der Waals surface area contributed by atoms with Crippen LogP contribution in [0.3, 0.4) is 0 Å². The Morgan fingerprint density at radius 2 is 2.04 bits per heavy atom. The van der Waals surface area contributed by atoms with Gasteiger partial charge in [-0.3, -0.25) is 9.69 Å². The van der Waals surface area contributed by atoms with Crippen molar-refractivity contribution in [2.75, 3.05) is 0 Å². The van der Waals surface area contributed by atoms with E-state index in [9.17, 15) is 14.7 Å². The molecule has 128 valence electrons. The minimum Gasteiger partial charge on any atom is -0.480 e. The first-order valence-corrected chi connectivity index (χ1v) is 8.78. The number of aryl methyl sites for hydroxylation is 1. The summed E-state index contributed by atoms with van der Waals surface area (Å²) in [6.07, 6.45) is 1.78. The summed E-state index contributed by atoms with van der Waals surface area (Å²) in [5.41, 5.74) is 0.828. The maximum absolute atomic E-state index is 12.7. The quantitative estimate of drug-likeness (QED) is 0.639. The molecule has 0 radical (unpaired) electrons. The van der Waals surface area contributed by atoms with Gasteiger partial charge in [0.05, 0.1) is 4.91 Å². The van der Waals surface area contributed by atoms with Crippen LogP contribution in [0.15, 0.2) is 51.8 Å². The van der Waals surface area contributed by atoms with Gasteiger partial charge in [0, 0.05) is 12.5 Å². The van der Waals surface area contributed by atoms with Crippen molar-refractivity contribution in [3.05, 3.63) is 64.5 Å². The van der Waals surface area contributed by atoms with Crippen molar-refractivity contribution < 1.29 is 19.1 Å². The van der Waals surface area contributed by atoms with Crippen molar-refractivity contribution in [3.63, 3.8) is 0 Å². The summed E-state index contributed by atoms with van der Waals surface area (Å²) in [7, 11) is 0. The number of aliphatic carboxylic acids is 1. The average Bonchev–Trinajstić information content (AvgIpc) is 3.10. The zero-order valence-corrected chi connectivity index (χ0v) is 15.0. The zero-order valence-electron chi connectivity index (χ0n) is 13.3. The van der Waals surface area contributed by atoms with Crippen LogP contribution in [0.2, 0.25) is 0 Å². The summed E-state index contributed by atoms with van der Waals surface area (Å²) in [6, 6.07) is 11.7. The number of thioether (sulfide) groups is 1. The lowest BCUT2D eigenvalue weighted by atomic mass is 10.0. The number of hydrogen-bond donors (Lipinski definition) is 1. The molecule has 7 heteroatoms. The number of carbonyl (C=O) groups excluding carboxylic acids is 1. The first kappa shape index (κ1) is 17.4. The summed E-state index contributed by atoms with van der Waals surface area (Å²) in [5, 5.41) is 9.61. The smallest absolute Gasteiger partial charge is 0.327 e. The Morgan fingerprint density at radius 1 is 1.32 bits per heavy atom. The van der Waals surface area contributed by atoms with Gasteiger partial charge in [-0.05, 0) is 24.6 Å². The molecule has 0 saturated carbocycles. The summed E-state index contributed by atoms with van der Waals surface area (Å²) < 4.78 is 5.69. The molecule has 0 spiro atoms. The average molecular weight is 373 g/mol. The standard InChI is InChI=1S/C18H15NO4S2/c1-11-7-8-13(23-11)10-15-16(20)19(18(24)25-15)14(17(21)22)9-12-5-3-2-4-6-12/h2-8,10,14H,9H2,1H3,(H,21,22)/b15-10+/t14-/m0/s1. The van der Waals surface area contributed by atoms with Gasteiger partial charge in [0.2, 0.25) is 0 Å². The number of carboxylic acids is 1. The molecular weight excluding hydrogens is 358 g/mol. The van der Waals surface area contributed by atoms with E-state index in [1.807, 2.05) is 37.3 Å². The molecule has 1 atom stereocenters. The van der Waals surface area contributed by atoms with Crippen LogP contribution in [0, 0.1) is 6.92 Å². The highest BCUT2D eigenvalue weighted by Gasteiger charge is 2.40. The maximum Gasteiger partial charge on any atom is 0.327 e. The maximum atomic E-state index is 12.7. The molecule has 1 aliphatic rings. The highest BCUT2D eigenvalue weighted by molar-refractivity contribution is 8.26. The van der Waals surface area contributed by atoms with Crippen molar-refractivity contribution in [1.82, 2.24) is 4.90 Å². The van der Waals surface area contributed by atoms with Gasteiger partial charge in [-0.15, -0.1) is 0 Å². The monoisotopic (exact) mass is 373 g/mol. The first-order valence-electron chi connectivity index (χ1n) is 7.56. The van der Waals surface area contributed by atoms with E-state index in [0.29, 0.717) is 10.7 Å². The van der Waals surface area contributed by atoms with Crippen LogP contribution in [0.25, 0.3) is 6.08 Å². The molecule has 0 unspecified atom stereocenters. The summed E-state index contributed by atoms with van der Waals surface area (Å²) in [5.74, 6) is -0.232. The molecule has 1 aliphatic heterocycles. The molecule has 1 aromatic heterocycles. The van der Waals surface area contributed by atoms with E-state index >= 15 is 0 Å². The number of rotatable bonds is 5. The minimum absolute atomic E-state index is 0.190. The molecule has 0 aliphatic carbocycles. The molecule has 25 heavy (non-hydrogen) atoms. The van der Waals surface area contributed by atoms with E-state index in [1.54, 1.807) is 18.2 Å². The minimum atomic E-state index is -1.09. The predicted octanol–water partition coefficient (Wildman–Crippen LogP) is 3.49. The summed E-state index contributed by atoms with van der Waals surface area (Å²) in [6.45, 7) is 1.81. The fourth-order valence-electron chi connectivity index (χ4n) is 2.54. The molecule has 2 aromatic rings. The lowest BCUT2D eigenvalue weighted by molar-refractivity contribution is -0.145. The number of furan rings is 1. The molecule has 1 amide bonds. The molecule has 3 rings (SSSR count). The van der Waals surface area contributed by atoms with Crippen molar-refractivity contribution in [1.29, 1.82) is 0 Å². The third-order valence-corrected chi connectivity index (χ3v) is 5.06. The van der Waals surface area contributed by atoms with E-state index < -0.39 is 17.9 Å². The van der Waals surface area contributed by atoms with Crippen molar-refractivity contribution in [2.24, 2.45) is 0 Å². The van der Waals surface area contributed by atoms with E-state index in [4.69, 9.17) is 16.6 Å². The van der Waals surface area contributed by atoms with E-state index in [1.165, 1.54) is 4.90 Å². The predicted molar refractivity (Wildman–Crippen MR) is 100 cm³/mol. The molecule has 0 bridgehead atoms. The number of nitrogens with zero attached hydrogens (tertiary/aromatic N) is 1. The fourth-order valence-corrected chi connectivity index (χ4v) is 3.87. The van der Waals surface area contributed by atoms with Gasteiger partial charge in [-0.25, -0.2) is 4.79 Å². The Kier molecular flexibility index (Phi) is 5.06. The van der Waals surface area contributed by atoms with Gasteiger partial charge < -0.3 is 9.52 Å². The van der Waals surface area contributed by atoms with Crippen molar-refractivity contribution >= 4 is 46.3 Å². The Hall–Kier alpha value is -2.38. The second-order valence-corrected chi connectivity index (χ2v) is 7.22. The molecular formula is C18H15NO4S2. The van der Waals surface area contributed by atoms with Crippen LogP contribution >= 0.6 is 24.0 Å². The van der Waals surface area contributed by atoms with E-state index in [0.717, 1.165) is 23.1 Å². The summed E-state index contributed by atoms with van der Waals surface area (Å²) in [4.78, 5) is 26.0. The summed E-state index contributed by atoms with van der Waals surface area (Å²) >= 11 is 6.35. The number of carboxylic acid groups (broad SMARTS) is 1. The van der Waals surface area contributed by atoms with Gasteiger partial charge in [0.25, 0.3) is 5.91 Å². The number of thiocarbonyl (C=S) groups is 1. The lowest BCUT2D eigenvalue weighted by Gasteiger charge is -2.23. The number of carbonyl (C=O) groups is 2. The highest BCUT2D eigenvalue weighted by atomic mass is 32.2. The van der Waals surface area contributed by atoms with Gasteiger partial charge in [0.15, 0.2) is 0 Å². The number of hydrogen-bond acceptors (Lipinski definition) is 5. The Bertz CT molecular complexity index is 857. The van der Waals surface area contributed by atoms with Gasteiger partial charge in [-0.1, -0.05) is 54.3 Å². The largest absolute Gasteiger partial charge is 0.480 e. The molecule has 1 aromatic carbocycles. The Balaban J connectivity index is 1.86. The highest BCUT2D eigenvalue weighted by Crippen LogP contribution is 2.35. The normalized spacial score (nSPS) is 17.3. The van der Waals surface area contributed by atoms with E-state index in [2.05, 4.69) is 0 Å². The second-order valence-electron chi connectivity index (χ2n) is 5.54. The van der Waals surface area contributed by atoms with E-state index in [-0.39, 0.29) is 10.7 Å². The first-order chi connectivity index (χ1) is 12.0. The van der Waals surface area contributed by atoms with Crippen molar-refractivity contribution in [2.45, 2.75) is 19.4 Å². The van der Waals surface area contributed by atoms with Crippen molar-refractivity contribution in [3.8, 4) is 0 Å². The van der Waals surface area contributed by atoms with Gasteiger partial charge in [-0.2, -0.15) is 0 Å². The molecule has 5 nitrogen and oxygen atoms in total. The molecule has 1 N–H and O–H groups in total. The number of amides is 1. The fraction of sp³-hybridized carbons (Fsp3) is 0.167. The second kappa shape index (κ2) is 7.25. The molecule has 2 heterocycles. The van der Waals surface area contributed by atoms with Gasteiger partial charge >= 0.3 is 5.97 Å². The topological polar surface area (TPSA) is 70.8 Å². The zero-order chi connectivity index (χ0) is 18.0. The SMILES string of the molecule is Cc1ccc(/C=C2/SC(=S)N([C@@H](Cc3ccccc3)C(=O)O)C2=O)o1. The van der Waals surface area contributed by atoms with Crippen LogP contribution in [0.4, 0.5) is 0 Å². The van der Waals surface area contributed by atoms with Crippen LogP contribution < -0.4 is 0 Å². The van der Waals surface area contributed by atoms with Gasteiger partial charge in [0.1, 0.15) is 21.9 Å². The Labute approximate surface area is 154 Å². The third-order valence-electron chi connectivity index (χ3n) is 3.73. The van der Waals surface area contributed by atoms with Crippen LogP contribution in [-0.2, 0) is 16.0 Å². The van der Waals surface area contributed by atoms with Crippen LogP contribution in [0.5, 0.6) is 0 Å². The van der Waals surface area contributed by atoms with Crippen LogP contribution in [-0.4, -0.2) is 32.2 Å². The van der Waals surface area contributed by atoms with Crippen LogP contribution in [0.1, 0.15) is 17.1 Å². The third kappa shape index (κ3) is 3.83.